The number of methoxy groups -OCH3 is 1. The number of benzene rings is 2. The highest BCUT2D eigenvalue weighted by Gasteiger charge is 2.24. The molecule has 0 spiro atoms. The van der Waals surface area contributed by atoms with Crippen molar-refractivity contribution in [2.45, 2.75) is 38.6 Å². The fourth-order valence-corrected chi connectivity index (χ4v) is 5.95. The number of aromatic hydroxyl groups is 1. The van der Waals surface area contributed by atoms with Crippen molar-refractivity contribution < 1.29 is 19.4 Å². The van der Waals surface area contributed by atoms with E-state index in [0.29, 0.717) is 36.0 Å². The lowest BCUT2D eigenvalue weighted by atomic mass is 9.95. The minimum Gasteiger partial charge on any atom is -0.504 e. The van der Waals surface area contributed by atoms with Gasteiger partial charge in [-0.3, -0.25) is 14.9 Å². The van der Waals surface area contributed by atoms with Crippen molar-refractivity contribution in [3.63, 3.8) is 0 Å². The molecule has 2 atom stereocenters. The summed E-state index contributed by atoms with van der Waals surface area (Å²) in [6.07, 6.45) is 10.3. The van der Waals surface area contributed by atoms with E-state index >= 15 is 0 Å². The van der Waals surface area contributed by atoms with Gasteiger partial charge in [0, 0.05) is 50.6 Å². The van der Waals surface area contributed by atoms with E-state index in [1.807, 2.05) is 48.3 Å². The van der Waals surface area contributed by atoms with E-state index in [9.17, 15) is 14.7 Å². The molecule has 2 aromatic carbocycles. The van der Waals surface area contributed by atoms with Crippen molar-refractivity contribution in [2.24, 2.45) is 11.7 Å². The number of nitrogens with zero attached hydrogens (tertiary/aromatic N) is 1. The molecule has 3 aliphatic heterocycles. The van der Waals surface area contributed by atoms with Gasteiger partial charge in [-0.1, -0.05) is 18.2 Å². The number of carbonyl (C=O) groups is 1. The summed E-state index contributed by atoms with van der Waals surface area (Å²) >= 11 is 0. The van der Waals surface area contributed by atoms with E-state index in [1.54, 1.807) is 36.5 Å². The van der Waals surface area contributed by atoms with Crippen LogP contribution in [0.25, 0.3) is 11.1 Å². The highest BCUT2D eigenvalue weighted by molar-refractivity contribution is 6.04. The fourth-order valence-electron chi connectivity index (χ4n) is 5.95. The third kappa shape index (κ3) is 6.86. The van der Waals surface area contributed by atoms with Gasteiger partial charge in [-0.05, 0) is 90.1 Å². The number of aromatic nitrogens is 1. The molecule has 0 aliphatic carbocycles. The van der Waals surface area contributed by atoms with Crippen LogP contribution < -0.4 is 37.2 Å². The summed E-state index contributed by atoms with van der Waals surface area (Å²) in [6, 6.07) is 12.5. The number of pyridine rings is 1. The number of dihydropyridines is 1. The zero-order chi connectivity index (χ0) is 32.2. The Hall–Kier alpha value is -4.84. The second-order valence-corrected chi connectivity index (χ2v) is 11.9. The Bertz CT molecular complexity index is 1750. The molecular formula is C35H40N6O5. The third-order valence-electron chi connectivity index (χ3n) is 8.61. The van der Waals surface area contributed by atoms with Crippen LogP contribution in [0.1, 0.15) is 53.0 Å². The van der Waals surface area contributed by atoms with Crippen molar-refractivity contribution in [1.29, 1.82) is 0 Å². The zero-order valence-corrected chi connectivity index (χ0v) is 26.0. The Morgan fingerprint density at radius 1 is 1.09 bits per heavy atom. The first-order valence-corrected chi connectivity index (χ1v) is 15.5. The van der Waals surface area contributed by atoms with E-state index in [0.717, 1.165) is 53.9 Å². The van der Waals surface area contributed by atoms with Gasteiger partial charge < -0.3 is 40.8 Å². The quantitative estimate of drug-likeness (QED) is 0.221. The summed E-state index contributed by atoms with van der Waals surface area (Å²) in [6.45, 7) is 4.79. The summed E-state index contributed by atoms with van der Waals surface area (Å²) in [7, 11) is 1.51. The summed E-state index contributed by atoms with van der Waals surface area (Å²) in [5.41, 5.74) is 11.8. The van der Waals surface area contributed by atoms with Gasteiger partial charge in [0.15, 0.2) is 11.5 Å². The number of carbonyl (C=O) groups excluding carboxylic acids is 1. The molecule has 3 aliphatic rings. The molecule has 1 fully saturated rings. The maximum atomic E-state index is 13.7. The largest absolute Gasteiger partial charge is 0.504 e. The molecule has 0 radical (unpaired) electrons. The van der Waals surface area contributed by atoms with E-state index < -0.39 is 18.2 Å². The number of rotatable bonds is 8. The minimum atomic E-state index is -0.468. The van der Waals surface area contributed by atoms with Crippen LogP contribution in [0.5, 0.6) is 11.5 Å². The molecule has 2 unspecified atom stereocenters. The number of phenols is 1. The maximum Gasteiger partial charge on any atom is 0.261 e. The zero-order valence-electron chi connectivity index (χ0n) is 26.0. The number of ether oxygens (including phenoxy) is 2. The molecule has 1 amide bonds. The van der Waals surface area contributed by atoms with Gasteiger partial charge in [-0.2, -0.15) is 0 Å². The first-order valence-electron chi connectivity index (χ1n) is 15.5. The van der Waals surface area contributed by atoms with Crippen LogP contribution in [-0.4, -0.2) is 48.6 Å². The number of phenolic OH excluding ortho intramolecular Hbond substituents is 1. The summed E-state index contributed by atoms with van der Waals surface area (Å²) in [5.74, 6) is 0.379. The van der Waals surface area contributed by atoms with Crippen molar-refractivity contribution in [3.8, 4) is 11.5 Å². The standard InChI is InChI=1S/C35H40N6O5/c1-21-15-38-34(39-16-21)28-19-41(18-22-9-11-46-12-10-22)20-29(32(28)43)35(44)40-26-6-3-23(4-7-26)27-13-25(17-37-33(27)36)24-5-8-30(42)31(14-24)45-2/h3-8,13-15,17,19-20,22,33-34,37-39,42H,9-12,16,18,36H2,1-2H3,(H,40,44). The smallest absolute Gasteiger partial charge is 0.261 e. The number of allylic oxidation sites excluding steroid dienone is 2. The molecule has 0 bridgehead atoms. The van der Waals surface area contributed by atoms with E-state index in [2.05, 4.69) is 21.3 Å². The normalized spacial score (nSPS) is 20.0. The Labute approximate surface area is 267 Å². The van der Waals surface area contributed by atoms with Crippen LogP contribution in [0.15, 0.2) is 83.7 Å². The number of nitrogens with one attached hydrogen (secondary N) is 4. The second kappa shape index (κ2) is 13.7. The molecule has 7 N–H and O–H groups in total. The van der Waals surface area contributed by atoms with Crippen LogP contribution in [0, 0.1) is 5.92 Å². The van der Waals surface area contributed by atoms with E-state index in [-0.39, 0.29) is 16.7 Å². The summed E-state index contributed by atoms with van der Waals surface area (Å²) < 4.78 is 12.8. The van der Waals surface area contributed by atoms with Crippen LogP contribution in [-0.2, 0) is 11.3 Å². The Balaban J connectivity index is 1.23. The Morgan fingerprint density at radius 2 is 1.85 bits per heavy atom. The third-order valence-corrected chi connectivity index (χ3v) is 8.61. The predicted molar refractivity (Wildman–Crippen MR) is 178 cm³/mol. The SMILES string of the molecule is COc1cc(C2=CNC(N)C(c3ccc(NC(=O)c4cn(CC5CCOCC5)cc(C5NC=C(C)CN5)c4=O)cc3)=C2)ccc1O. The van der Waals surface area contributed by atoms with Crippen LogP contribution in [0.3, 0.4) is 0 Å². The minimum absolute atomic E-state index is 0.0636. The van der Waals surface area contributed by atoms with Crippen LogP contribution in [0.4, 0.5) is 5.69 Å². The average Bonchev–Trinajstić information content (AvgIpc) is 3.07. The lowest BCUT2D eigenvalue weighted by molar-refractivity contribution is 0.0611. The highest BCUT2D eigenvalue weighted by atomic mass is 16.5. The molecule has 11 nitrogen and oxygen atoms in total. The van der Waals surface area contributed by atoms with Crippen molar-refractivity contribution in [2.75, 3.05) is 32.2 Å². The molecule has 6 rings (SSSR count). The fraction of sp³-hybridized carbons (Fsp3) is 0.314. The Kier molecular flexibility index (Phi) is 9.25. The predicted octanol–water partition coefficient (Wildman–Crippen LogP) is 3.65. The molecule has 11 heteroatoms. The second-order valence-electron chi connectivity index (χ2n) is 11.9. The van der Waals surface area contributed by atoms with Gasteiger partial charge in [0.25, 0.3) is 5.91 Å². The number of nitrogens with two attached hydrogens (primary N) is 1. The van der Waals surface area contributed by atoms with Gasteiger partial charge in [-0.15, -0.1) is 0 Å². The van der Waals surface area contributed by atoms with E-state index in [4.69, 9.17) is 15.2 Å². The summed E-state index contributed by atoms with van der Waals surface area (Å²) in [4.78, 5) is 27.3. The molecular weight excluding hydrogens is 584 g/mol. The number of hydrogen-bond donors (Lipinski definition) is 6. The first kappa shape index (κ1) is 31.2. The first-order chi connectivity index (χ1) is 22.3. The highest BCUT2D eigenvalue weighted by Crippen LogP contribution is 2.33. The lowest BCUT2D eigenvalue weighted by Crippen LogP contribution is -2.41. The number of hydrogen-bond acceptors (Lipinski definition) is 9. The number of anilines is 1. The lowest BCUT2D eigenvalue weighted by Gasteiger charge is -2.27. The number of amides is 1. The molecule has 3 aromatic rings. The topological polar surface area (TPSA) is 152 Å². The van der Waals surface area contributed by atoms with Crippen molar-refractivity contribution in [3.05, 3.63) is 111 Å². The molecule has 1 saturated heterocycles. The van der Waals surface area contributed by atoms with E-state index in [1.165, 1.54) is 7.11 Å². The maximum absolute atomic E-state index is 13.7. The van der Waals surface area contributed by atoms with Crippen LogP contribution in [0.2, 0.25) is 0 Å². The average molecular weight is 625 g/mol. The van der Waals surface area contributed by atoms with Crippen molar-refractivity contribution >= 4 is 22.7 Å². The Morgan fingerprint density at radius 3 is 2.57 bits per heavy atom. The molecule has 46 heavy (non-hydrogen) atoms. The monoisotopic (exact) mass is 624 g/mol. The molecule has 1 aromatic heterocycles. The van der Waals surface area contributed by atoms with Gasteiger partial charge in [0.1, 0.15) is 17.9 Å². The molecule has 240 valence electrons. The molecule has 0 saturated carbocycles. The van der Waals surface area contributed by atoms with Gasteiger partial charge in [0.05, 0.1) is 12.7 Å². The van der Waals surface area contributed by atoms with Gasteiger partial charge in [-0.25, -0.2) is 0 Å². The van der Waals surface area contributed by atoms with Crippen molar-refractivity contribution in [1.82, 2.24) is 20.5 Å². The summed E-state index contributed by atoms with van der Waals surface area (Å²) in [5, 5.41) is 22.7. The van der Waals surface area contributed by atoms with Gasteiger partial charge >= 0.3 is 0 Å². The molecule has 4 heterocycles. The van der Waals surface area contributed by atoms with Crippen LogP contribution >= 0.6 is 0 Å². The van der Waals surface area contributed by atoms with Gasteiger partial charge in [0.2, 0.25) is 5.43 Å².